The van der Waals surface area contributed by atoms with Crippen LogP contribution in [-0.2, 0) is 9.59 Å². The van der Waals surface area contributed by atoms with E-state index in [1.807, 2.05) is 0 Å². The molecule has 43 heavy (non-hydrogen) atoms. The number of amides is 1. The number of aliphatic imine (C=N–C) groups is 1. The molecule has 0 saturated carbocycles. The van der Waals surface area contributed by atoms with Gasteiger partial charge in [-0.05, 0) is 37.1 Å². The maximum atomic E-state index is 14.8. The highest BCUT2D eigenvalue weighted by Crippen LogP contribution is 2.29. The molecule has 7 N–H and O–H groups in total. The van der Waals surface area contributed by atoms with Gasteiger partial charge in [-0.3, -0.25) is 14.6 Å². The number of alkyl halides is 3. The Bertz CT molecular complexity index is 1490. The monoisotopic (exact) mass is 611 g/mol. The van der Waals surface area contributed by atoms with Gasteiger partial charge in [0.15, 0.2) is 5.96 Å². The van der Waals surface area contributed by atoms with Crippen molar-refractivity contribution in [1.82, 2.24) is 9.88 Å². The number of guanidine groups is 1. The number of carboxylic acid groups (broad SMARTS) is 2. The molecule has 0 aliphatic heterocycles. The van der Waals surface area contributed by atoms with Crippen molar-refractivity contribution < 1.29 is 46.5 Å². The predicted octanol–water partition coefficient (Wildman–Crippen LogP) is 2.63. The van der Waals surface area contributed by atoms with E-state index in [2.05, 4.69) is 10.3 Å². The number of carbonyl (C=O) groups is 3. The van der Waals surface area contributed by atoms with Crippen molar-refractivity contribution in [2.75, 3.05) is 6.54 Å². The predicted molar refractivity (Wildman–Crippen MR) is 143 cm³/mol. The van der Waals surface area contributed by atoms with Gasteiger partial charge in [0, 0.05) is 23.9 Å². The molecule has 0 unspecified atom stereocenters. The van der Waals surface area contributed by atoms with E-state index in [1.165, 1.54) is 54.7 Å². The largest absolute Gasteiger partial charge is 0.490 e. The normalized spacial score (nSPS) is 11.6. The number of halogens is 5. The summed E-state index contributed by atoms with van der Waals surface area (Å²) in [6, 6.07) is 11.3. The van der Waals surface area contributed by atoms with E-state index in [-0.39, 0.29) is 42.0 Å². The number of aliphatic carboxylic acids is 2. The number of nitrogens with zero attached hydrogens (tertiary/aromatic N) is 2. The summed E-state index contributed by atoms with van der Waals surface area (Å²) in [5, 5.41) is 18.9. The average molecular weight is 612 g/mol. The standard InChI is InChI=1S/C25H25F2N5O4.C2HF3O2/c26-18-10-3-1-7-15(18)21(16-8-2-4-11-19(16)27)32-14-6-9-17(23(32)34)22(33)31-20(24(35)36)12-5-13-30-25(28)29;3-2(4,5)1(6)7/h1-4,6-11,14,20-21H,5,12-13H2,(H,31,33)(H,35,36)(H4,28,29,30);(H,6,7)/t20-;/m0./s1. The van der Waals surface area contributed by atoms with E-state index < -0.39 is 53.3 Å². The number of aromatic nitrogens is 1. The lowest BCUT2D eigenvalue weighted by atomic mass is 9.97. The fourth-order valence-electron chi connectivity index (χ4n) is 3.74. The summed E-state index contributed by atoms with van der Waals surface area (Å²) < 4.78 is 62.3. The van der Waals surface area contributed by atoms with Crippen LogP contribution in [0.3, 0.4) is 0 Å². The van der Waals surface area contributed by atoms with E-state index in [9.17, 15) is 41.4 Å². The van der Waals surface area contributed by atoms with Crippen molar-refractivity contribution in [2.45, 2.75) is 31.1 Å². The lowest BCUT2D eigenvalue weighted by Crippen LogP contribution is -2.43. The average Bonchev–Trinajstić information content (AvgIpc) is 2.92. The Balaban J connectivity index is 0.000000821. The zero-order chi connectivity index (χ0) is 32.3. The highest BCUT2D eigenvalue weighted by Gasteiger charge is 2.38. The summed E-state index contributed by atoms with van der Waals surface area (Å²) in [6.45, 7) is 0.160. The van der Waals surface area contributed by atoms with Crippen molar-refractivity contribution in [3.63, 3.8) is 0 Å². The lowest BCUT2D eigenvalue weighted by molar-refractivity contribution is -0.192. The van der Waals surface area contributed by atoms with Crippen LogP contribution in [-0.4, -0.2) is 57.3 Å². The van der Waals surface area contributed by atoms with Crippen LogP contribution in [0.5, 0.6) is 0 Å². The quantitative estimate of drug-likeness (QED) is 0.100. The highest BCUT2D eigenvalue weighted by molar-refractivity contribution is 5.96. The molecule has 0 radical (unpaired) electrons. The minimum atomic E-state index is -5.08. The molecule has 0 bridgehead atoms. The molecule has 2 aromatic carbocycles. The van der Waals surface area contributed by atoms with E-state index in [0.29, 0.717) is 0 Å². The van der Waals surface area contributed by atoms with E-state index in [1.54, 1.807) is 12.1 Å². The van der Waals surface area contributed by atoms with Crippen LogP contribution in [0.25, 0.3) is 0 Å². The third kappa shape index (κ3) is 9.65. The topological polar surface area (TPSA) is 190 Å². The Morgan fingerprint density at radius 1 is 0.907 bits per heavy atom. The number of nitrogens with two attached hydrogens (primary N) is 2. The number of carbonyl (C=O) groups excluding carboxylic acids is 1. The van der Waals surface area contributed by atoms with Gasteiger partial charge in [0.2, 0.25) is 0 Å². The van der Waals surface area contributed by atoms with E-state index in [0.717, 1.165) is 4.57 Å². The molecule has 3 aromatic rings. The minimum absolute atomic E-state index is 0.00591. The van der Waals surface area contributed by atoms with Gasteiger partial charge in [-0.1, -0.05) is 36.4 Å². The van der Waals surface area contributed by atoms with Gasteiger partial charge in [-0.25, -0.2) is 18.4 Å². The molecular formula is C27H26F5N5O6. The van der Waals surface area contributed by atoms with Crippen LogP contribution >= 0.6 is 0 Å². The Hall–Kier alpha value is -5.28. The van der Waals surface area contributed by atoms with Gasteiger partial charge >= 0.3 is 18.1 Å². The van der Waals surface area contributed by atoms with Crippen molar-refractivity contribution in [2.24, 2.45) is 16.5 Å². The number of rotatable bonds is 10. The zero-order valence-corrected chi connectivity index (χ0v) is 22.1. The molecule has 0 aliphatic rings. The summed E-state index contributed by atoms with van der Waals surface area (Å²) in [4.78, 5) is 50.6. The number of carboxylic acids is 2. The lowest BCUT2D eigenvalue weighted by Gasteiger charge is -2.23. The first-order chi connectivity index (χ1) is 20.1. The smallest absolute Gasteiger partial charge is 0.480 e. The second kappa shape index (κ2) is 15.1. The molecule has 1 atom stereocenters. The van der Waals surface area contributed by atoms with E-state index >= 15 is 0 Å². The molecule has 1 amide bonds. The fourth-order valence-corrected chi connectivity index (χ4v) is 3.74. The third-order valence-electron chi connectivity index (χ3n) is 5.69. The third-order valence-corrected chi connectivity index (χ3v) is 5.69. The van der Waals surface area contributed by atoms with Crippen LogP contribution in [0.4, 0.5) is 22.0 Å². The van der Waals surface area contributed by atoms with Crippen molar-refractivity contribution >= 4 is 23.8 Å². The van der Waals surface area contributed by atoms with Gasteiger partial charge in [-0.2, -0.15) is 13.2 Å². The molecular weight excluding hydrogens is 585 g/mol. The molecule has 1 aromatic heterocycles. The van der Waals surface area contributed by atoms with Crippen molar-refractivity contribution in [3.8, 4) is 0 Å². The summed E-state index contributed by atoms with van der Waals surface area (Å²) >= 11 is 0. The molecule has 16 heteroatoms. The van der Waals surface area contributed by atoms with Crippen molar-refractivity contribution in [3.05, 3.63) is 106 Å². The highest BCUT2D eigenvalue weighted by atomic mass is 19.4. The number of pyridine rings is 1. The van der Waals surface area contributed by atoms with Crippen LogP contribution in [0.15, 0.2) is 76.6 Å². The first-order valence-corrected chi connectivity index (χ1v) is 12.2. The number of nitrogens with one attached hydrogen (secondary N) is 1. The molecule has 1 heterocycles. The summed E-state index contributed by atoms with van der Waals surface area (Å²) in [7, 11) is 0. The van der Waals surface area contributed by atoms with Crippen LogP contribution < -0.4 is 22.3 Å². The van der Waals surface area contributed by atoms with Gasteiger partial charge in [0.1, 0.15) is 23.2 Å². The Morgan fingerprint density at radius 2 is 1.42 bits per heavy atom. The number of hydrogen-bond donors (Lipinski definition) is 5. The Kier molecular flexibility index (Phi) is 11.9. The molecule has 0 saturated heterocycles. The van der Waals surface area contributed by atoms with Crippen LogP contribution in [0.1, 0.15) is 40.4 Å². The Morgan fingerprint density at radius 3 is 1.86 bits per heavy atom. The second-order valence-corrected chi connectivity index (χ2v) is 8.70. The van der Waals surface area contributed by atoms with Gasteiger partial charge < -0.3 is 31.6 Å². The fraction of sp³-hybridized carbons (Fsp3) is 0.222. The van der Waals surface area contributed by atoms with Crippen LogP contribution in [0, 0.1) is 11.6 Å². The molecule has 0 aliphatic carbocycles. The van der Waals surface area contributed by atoms with Gasteiger partial charge in [0.25, 0.3) is 11.5 Å². The van der Waals surface area contributed by atoms with E-state index in [4.69, 9.17) is 21.4 Å². The maximum absolute atomic E-state index is 14.8. The molecule has 0 spiro atoms. The zero-order valence-electron chi connectivity index (χ0n) is 22.1. The molecule has 230 valence electrons. The second-order valence-electron chi connectivity index (χ2n) is 8.70. The molecule has 3 rings (SSSR count). The van der Waals surface area contributed by atoms with Crippen LogP contribution in [0.2, 0.25) is 0 Å². The number of benzene rings is 2. The maximum Gasteiger partial charge on any atom is 0.490 e. The van der Waals surface area contributed by atoms with Gasteiger partial charge in [-0.15, -0.1) is 0 Å². The number of hydrogen-bond acceptors (Lipinski definition) is 5. The molecule has 11 nitrogen and oxygen atoms in total. The Labute approximate surface area is 240 Å². The molecule has 0 fully saturated rings. The van der Waals surface area contributed by atoms with Gasteiger partial charge in [0.05, 0.1) is 6.04 Å². The first kappa shape index (κ1) is 33.9. The van der Waals surface area contributed by atoms with Crippen molar-refractivity contribution in [1.29, 1.82) is 0 Å². The SMILES string of the molecule is NC(N)=NCCC[C@H](NC(=O)c1cccn(C(c2ccccc2F)c2ccccc2F)c1=O)C(=O)O.O=C(O)C(F)(F)F. The summed E-state index contributed by atoms with van der Waals surface area (Å²) in [5.74, 6) is -6.48. The minimum Gasteiger partial charge on any atom is -0.480 e. The summed E-state index contributed by atoms with van der Waals surface area (Å²) in [6.07, 6.45) is -3.50. The first-order valence-electron chi connectivity index (χ1n) is 12.2. The summed E-state index contributed by atoms with van der Waals surface area (Å²) in [5.41, 5.74) is 9.29.